The molecule has 22 heavy (non-hydrogen) atoms. The Morgan fingerprint density at radius 1 is 1.27 bits per heavy atom. The number of rotatable bonds is 5. The Kier molecular flexibility index (Phi) is 8.88. The van der Waals surface area contributed by atoms with Gasteiger partial charge in [0.1, 0.15) is 5.01 Å². The summed E-state index contributed by atoms with van der Waals surface area (Å²) in [4.78, 5) is 11.4. The zero-order chi connectivity index (χ0) is 15.2. The average Bonchev–Trinajstić information content (AvgIpc) is 3.00. The smallest absolute Gasteiger partial charge is 0.191 e. The van der Waals surface area contributed by atoms with Crippen molar-refractivity contribution in [3.05, 3.63) is 36.4 Å². The van der Waals surface area contributed by atoms with Gasteiger partial charge in [-0.2, -0.15) is 0 Å². The first-order valence-corrected chi connectivity index (χ1v) is 9.12. The number of aromatic nitrogens is 1. The van der Waals surface area contributed by atoms with Gasteiger partial charge in [0, 0.05) is 23.3 Å². The summed E-state index contributed by atoms with van der Waals surface area (Å²) in [5, 5.41) is 7.72. The number of thiophene rings is 1. The molecule has 0 amide bonds. The van der Waals surface area contributed by atoms with Gasteiger partial charge in [0.05, 0.1) is 16.0 Å². The summed E-state index contributed by atoms with van der Waals surface area (Å²) in [6.45, 7) is 5.72. The van der Waals surface area contributed by atoms with E-state index in [-0.39, 0.29) is 24.0 Å². The van der Waals surface area contributed by atoms with Crippen molar-refractivity contribution in [2.45, 2.75) is 26.8 Å². The lowest BCUT2D eigenvalue weighted by Gasteiger charge is -2.10. The van der Waals surface area contributed by atoms with Gasteiger partial charge in [-0.1, -0.05) is 0 Å². The van der Waals surface area contributed by atoms with E-state index in [9.17, 15) is 0 Å². The summed E-state index contributed by atoms with van der Waals surface area (Å²) in [5.74, 6) is 0.816. The molecule has 2 N–H and O–H groups in total. The summed E-state index contributed by atoms with van der Waals surface area (Å²) >= 11 is 6.98. The fourth-order valence-electron chi connectivity index (χ4n) is 1.78. The molecular weight excluding hydrogens is 495 g/mol. The van der Waals surface area contributed by atoms with E-state index in [4.69, 9.17) is 0 Å². The summed E-state index contributed by atoms with van der Waals surface area (Å²) in [6, 6.07) is 4.23. The molecule has 0 fully saturated rings. The van der Waals surface area contributed by atoms with Crippen molar-refractivity contribution in [3.63, 3.8) is 0 Å². The van der Waals surface area contributed by atoms with Crippen LogP contribution < -0.4 is 10.6 Å². The van der Waals surface area contributed by atoms with Crippen LogP contribution >= 0.6 is 62.6 Å². The molecule has 0 aliphatic rings. The number of aryl methyl sites for hydroxylation is 2. The number of guanidine groups is 1. The fourth-order valence-corrected chi connectivity index (χ4v) is 4.14. The molecular formula is C14H20BrIN4S2. The van der Waals surface area contributed by atoms with E-state index in [1.165, 1.54) is 13.5 Å². The first kappa shape index (κ1) is 19.9. The molecule has 0 saturated carbocycles. The Bertz CT molecular complexity index is 605. The number of nitrogens with one attached hydrogen (secondary N) is 2. The van der Waals surface area contributed by atoms with Crippen LogP contribution in [0.25, 0.3) is 0 Å². The average molecular weight is 515 g/mol. The molecule has 0 aromatic carbocycles. The Morgan fingerprint density at radius 2 is 2.05 bits per heavy atom. The quantitative estimate of drug-likeness (QED) is 0.358. The van der Waals surface area contributed by atoms with E-state index in [1.807, 2.05) is 6.92 Å². The Morgan fingerprint density at radius 3 is 2.59 bits per heavy atom. The number of hydrogen-bond acceptors (Lipinski definition) is 4. The predicted molar refractivity (Wildman–Crippen MR) is 111 cm³/mol. The van der Waals surface area contributed by atoms with Gasteiger partial charge in [0.25, 0.3) is 0 Å². The minimum atomic E-state index is 0. The van der Waals surface area contributed by atoms with E-state index >= 15 is 0 Å². The minimum Gasteiger partial charge on any atom is -0.356 e. The van der Waals surface area contributed by atoms with E-state index in [0.29, 0.717) is 6.54 Å². The lowest BCUT2D eigenvalue weighted by atomic mass is 10.3. The summed E-state index contributed by atoms with van der Waals surface area (Å²) in [6.07, 6.45) is 0.992. The predicted octanol–water partition coefficient (Wildman–Crippen LogP) is 4.11. The van der Waals surface area contributed by atoms with Crippen LogP contribution in [0.15, 0.2) is 20.9 Å². The van der Waals surface area contributed by atoms with Crippen LogP contribution in [0.1, 0.15) is 20.5 Å². The second kappa shape index (κ2) is 9.84. The molecule has 0 radical (unpaired) electrons. The largest absolute Gasteiger partial charge is 0.356 e. The summed E-state index contributed by atoms with van der Waals surface area (Å²) in [7, 11) is 1.79. The van der Waals surface area contributed by atoms with Crippen molar-refractivity contribution in [1.29, 1.82) is 0 Å². The maximum Gasteiger partial charge on any atom is 0.191 e. The zero-order valence-corrected chi connectivity index (χ0v) is 18.3. The van der Waals surface area contributed by atoms with Crippen molar-refractivity contribution >= 4 is 68.5 Å². The number of halogens is 2. The highest BCUT2D eigenvalue weighted by Gasteiger charge is 2.05. The van der Waals surface area contributed by atoms with Crippen molar-refractivity contribution in [1.82, 2.24) is 15.6 Å². The number of aliphatic imine (C=N–C) groups is 1. The Balaban J connectivity index is 0.00000242. The molecule has 0 aliphatic heterocycles. The molecule has 0 spiro atoms. The van der Waals surface area contributed by atoms with Gasteiger partial charge in [0.15, 0.2) is 5.96 Å². The minimum absolute atomic E-state index is 0. The molecule has 0 aliphatic carbocycles. The number of nitrogens with zero attached hydrogens (tertiary/aromatic N) is 2. The maximum atomic E-state index is 4.52. The maximum absolute atomic E-state index is 4.52. The molecule has 2 aromatic rings. The number of hydrogen-bond donors (Lipinski definition) is 2. The SMILES string of the molecule is CN=C(NCCc1ccc(Br)s1)NCc1nc(C)c(C)s1.I. The monoisotopic (exact) mass is 514 g/mol. The van der Waals surface area contributed by atoms with Crippen molar-refractivity contribution < 1.29 is 0 Å². The van der Waals surface area contributed by atoms with Gasteiger partial charge in [-0.05, 0) is 48.3 Å². The van der Waals surface area contributed by atoms with Gasteiger partial charge in [-0.3, -0.25) is 4.99 Å². The molecule has 2 heterocycles. The summed E-state index contributed by atoms with van der Waals surface area (Å²) < 4.78 is 1.18. The second-order valence-corrected chi connectivity index (χ2v) is 8.39. The van der Waals surface area contributed by atoms with Gasteiger partial charge in [-0.15, -0.1) is 46.7 Å². The zero-order valence-electron chi connectivity index (χ0n) is 12.8. The van der Waals surface area contributed by atoms with Crippen LogP contribution in [-0.2, 0) is 13.0 Å². The third-order valence-corrected chi connectivity index (χ3v) is 5.75. The molecule has 0 atom stereocenters. The van der Waals surface area contributed by atoms with E-state index in [1.54, 1.807) is 29.7 Å². The molecule has 2 aromatic heterocycles. The lowest BCUT2D eigenvalue weighted by molar-refractivity contribution is 0.795. The van der Waals surface area contributed by atoms with Crippen molar-refractivity contribution in [2.24, 2.45) is 4.99 Å². The van der Waals surface area contributed by atoms with Gasteiger partial charge >= 0.3 is 0 Å². The highest BCUT2D eigenvalue weighted by atomic mass is 127. The van der Waals surface area contributed by atoms with E-state index < -0.39 is 0 Å². The van der Waals surface area contributed by atoms with Gasteiger partial charge in [0.2, 0.25) is 0 Å². The fraction of sp³-hybridized carbons (Fsp3) is 0.429. The highest BCUT2D eigenvalue weighted by molar-refractivity contribution is 14.0. The van der Waals surface area contributed by atoms with Crippen LogP contribution in [0.4, 0.5) is 0 Å². The Hall–Kier alpha value is -0.190. The van der Waals surface area contributed by atoms with E-state index in [2.05, 4.69) is 55.6 Å². The topological polar surface area (TPSA) is 49.3 Å². The van der Waals surface area contributed by atoms with Gasteiger partial charge in [-0.25, -0.2) is 4.98 Å². The molecule has 122 valence electrons. The van der Waals surface area contributed by atoms with Crippen LogP contribution in [0, 0.1) is 13.8 Å². The van der Waals surface area contributed by atoms with Crippen LogP contribution in [0.2, 0.25) is 0 Å². The molecule has 0 saturated heterocycles. The standard InChI is InChI=1S/C14H19BrN4S2.HI/c1-9-10(2)20-13(19-9)8-18-14(16-3)17-7-6-11-4-5-12(15)21-11;/h4-5H,6-8H2,1-3H3,(H2,16,17,18);1H. The highest BCUT2D eigenvalue weighted by Crippen LogP contribution is 2.22. The van der Waals surface area contributed by atoms with Gasteiger partial charge < -0.3 is 10.6 Å². The normalized spacial score (nSPS) is 11.2. The first-order valence-electron chi connectivity index (χ1n) is 6.70. The molecule has 0 bridgehead atoms. The Labute approximate surface area is 165 Å². The molecule has 8 heteroatoms. The van der Waals surface area contributed by atoms with Crippen LogP contribution in [0.3, 0.4) is 0 Å². The summed E-state index contributed by atoms with van der Waals surface area (Å²) in [5.41, 5.74) is 1.11. The third kappa shape index (κ3) is 6.13. The third-order valence-electron chi connectivity index (χ3n) is 3.00. The van der Waals surface area contributed by atoms with Crippen LogP contribution in [0.5, 0.6) is 0 Å². The molecule has 4 nitrogen and oxygen atoms in total. The van der Waals surface area contributed by atoms with Crippen LogP contribution in [-0.4, -0.2) is 24.5 Å². The number of thiazole rings is 1. The van der Waals surface area contributed by atoms with Crippen molar-refractivity contribution in [3.8, 4) is 0 Å². The molecule has 0 unspecified atom stereocenters. The first-order chi connectivity index (χ1) is 10.1. The molecule has 2 rings (SSSR count). The lowest BCUT2D eigenvalue weighted by Crippen LogP contribution is -2.37. The van der Waals surface area contributed by atoms with E-state index in [0.717, 1.165) is 29.6 Å². The second-order valence-electron chi connectivity index (χ2n) is 4.56. The van der Waals surface area contributed by atoms with Crippen molar-refractivity contribution in [2.75, 3.05) is 13.6 Å².